The Labute approximate surface area is 126 Å². The van der Waals surface area contributed by atoms with Crippen LogP contribution in [0.5, 0.6) is 0 Å². The van der Waals surface area contributed by atoms with Gasteiger partial charge in [0.05, 0.1) is 5.60 Å². The Morgan fingerprint density at radius 1 is 1.25 bits per heavy atom. The maximum atomic E-state index is 10.7. The summed E-state index contributed by atoms with van der Waals surface area (Å²) < 4.78 is 0. The van der Waals surface area contributed by atoms with E-state index in [4.69, 9.17) is 0 Å². The van der Waals surface area contributed by atoms with Gasteiger partial charge in [0.25, 0.3) is 0 Å². The highest BCUT2D eigenvalue weighted by molar-refractivity contribution is 7.98. The average Bonchev–Trinajstić information content (AvgIpc) is 2.48. The zero-order valence-electron chi connectivity index (χ0n) is 12.3. The van der Waals surface area contributed by atoms with E-state index in [-0.39, 0.29) is 5.60 Å². The monoisotopic (exact) mass is 291 g/mol. The van der Waals surface area contributed by atoms with Crippen molar-refractivity contribution in [2.45, 2.75) is 49.1 Å². The van der Waals surface area contributed by atoms with Gasteiger partial charge in [0, 0.05) is 30.4 Å². The van der Waals surface area contributed by atoms with E-state index in [1.807, 2.05) is 0 Å². The highest BCUT2D eigenvalue weighted by Gasteiger charge is 2.42. The van der Waals surface area contributed by atoms with Crippen molar-refractivity contribution in [3.63, 3.8) is 0 Å². The Morgan fingerprint density at radius 2 is 2.05 bits per heavy atom. The number of thioether (sulfide) groups is 1. The van der Waals surface area contributed by atoms with Crippen molar-refractivity contribution < 1.29 is 5.11 Å². The van der Waals surface area contributed by atoms with E-state index in [0.29, 0.717) is 5.92 Å². The number of hydrogen-bond acceptors (Lipinski definition) is 3. The Hall–Kier alpha value is -0.510. The SMILES string of the molecule is CSc1ccc(CN2CCC3(O)CCCCC3C2)cc1. The van der Waals surface area contributed by atoms with Crippen LogP contribution in [0.15, 0.2) is 29.2 Å². The molecule has 1 aliphatic heterocycles. The van der Waals surface area contributed by atoms with Crippen molar-refractivity contribution in [3.05, 3.63) is 29.8 Å². The number of fused-ring (bicyclic) bond motifs is 1. The molecular formula is C17H25NOS. The summed E-state index contributed by atoms with van der Waals surface area (Å²) in [6, 6.07) is 8.91. The normalized spacial score (nSPS) is 31.0. The first-order valence-corrected chi connectivity index (χ1v) is 9.00. The van der Waals surface area contributed by atoms with E-state index in [1.54, 1.807) is 11.8 Å². The first kappa shape index (κ1) is 14.4. The van der Waals surface area contributed by atoms with Crippen LogP contribution in [0.25, 0.3) is 0 Å². The summed E-state index contributed by atoms with van der Waals surface area (Å²) in [6.07, 6.45) is 7.81. The van der Waals surface area contributed by atoms with Crippen molar-refractivity contribution >= 4 is 11.8 Å². The quantitative estimate of drug-likeness (QED) is 0.862. The molecule has 0 radical (unpaired) electrons. The fourth-order valence-corrected chi connectivity index (χ4v) is 4.18. The number of aliphatic hydroxyl groups is 1. The molecule has 1 aromatic carbocycles. The van der Waals surface area contributed by atoms with Crippen molar-refractivity contribution in [1.29, 1.82) is 0 Å². The minimum absolute atomic E-state index is 0.350. The van der Waals surface area contributed by atoms with Crippen LogP contribution in [-0.4, -0.2) is 35.0 Å². The summed E-state index contributed by atoms with van der Waals surface area (Å²) in [5.74, 6) is 0.496. The van der Waals surface area contributed by atoms with Crippen LogP contribution in [-0.2, 0) is 6.54 Å². The Morgan fingerprint density at radius 3 is 2.80 bits per heavy atom. The standard InChI is InChI=1S/C17H25NOS/c1-20-16-7-5-14(6-8-16)12-18-11-10-17(19)9-3-2-4-15(17)13-18/h5-8,15,19H,2-4,9-13H2,1H3. The molecule has 2 nitrogen and oxygen atoms in total. The fourth-order valence-electron chi connectivity index (χ4n) is 3.77. The smallest absolute Gasteiger partial charge is 0.0700 e. The molecule has 0 amide bonds. The van der Waals surface area contributed by atoms with Crippen LogP contribution in [0.3, 0.4) is 0 Å². The maximum Gasteiger partial charge on any atom is 0.0700 e. The summed E-state index contributed by atoms with van der Waals surface area (Å²) >= 11 is 1.79. The van der Waals surface area contributed by atoms with Gasteiger partial charge in [-0.3, -0.25) is 4.90 Å². The number of piperidine rings is 1. The summed E-state index contributed by atoms with van der Waals surface area (Å²) in [7, 11) is 0. The van der Waals surface area contributed by atoms with Gasteiger partial charge in [-0.15, -0.1) is 11.8 Å². The van der Waals surface area contributed by atoms with E-state index < -0.39 is 0 Å². The van der Waals surface area contributed by atoms with Crippen LogP contribution in [0, 0.1) is 5.92 Å². The van der Waals surface area contributed by atoms with E-state index >= 15 is 0 Å². The molecule has 0 aromatic heterocycles. The van der Waals surface area contributed by atoms with Crippen molar-refractivity contribution in [2.24, 2.45) is 5.92 Å². The number of likely N-dealkylation sites (tertiary alicyclic amines) is 1. The lowest BCUT2D eigenvalue weighted by Gasteiger charge is -2.47. The highest BCUT2D eigenvalue weighted by atomic mass is 32.2. The van der Waals surface area contributed by atoms with Gasteiger partial charge in [-0.1, -0.05) is 25.0 Å². The van der Waals surface area contributed by atoms with Crippen LogP contribution in [0.2, 0.25) is 0 Å². The first-order chi connectivity index (χ1) is 9.69. The van der Waals surface area contributed by atoms with Gasteiger partial charge in [-0.05, 0) is 43.2 Å². The average molecular weight is 291 g/mol. The largest absolute Gasteiger partial charge is 0.390 e. The molecule has 2 aliphatic rings. The second-order valence-corrected chi connectivity index (χ2v) is 7.26. The van der Waals surface area contributed by atoms with Crippen molar-refractivity contribution in [2.75, 3.05) is 19.3 Å². The Kier molecular flexibility index (Phi) is 4.39. The zero-order chi connectivity index (χ0) is 14.0. The minimum Gasteiger partial charge on any atom is -0.390 e. The summed E-state index contributed by atoms with van der Waals surface area (Å²) in [6.45, 7) is 3.14. The van der Waals surface area contributed by atoms with Crippen molar-refractivity contribution in [1.82, 2.24) is 4.90 Å². The maximum absolute atomic E-state index is 10.7. The lowest BCUT2D eigenvalue weighted by Crippen LogP contribution is -2.52. The molecule has 2 atom stereocenters. The third-order valence-corrected chi connectivity index (χ3v) is 5.82. The molecule has 1 heterocycles. The van der Waals surface area contributed by atoms with E-state index in [2.05, 4.69) is 35.4 Å². The number of nitrogens with zero attached hydrogens (tertiary/aromatic N) is 1. The highest BCUT2D eigenvalue weighted by Crippen LogP contribution is 2.40. The van der Waals surface area contributed by atoms with Crippen LogP contribution in [0.1, 0.15) is 37.7 Å². The molecule has 3 heteroatoms. The van der Waals surface area contributed by atoms with Crippen LogP contribution >= 0.6 is 11.8 Å². The van der Waals surface area contributed by atoms with E-state index in [1.165, 1.54) is 29.7 Å². The molecule has 0 spiro atoms. The summed E-state index contributed by atoms with van der Waals surface area (Å²) in [4.78, 5) is 3.85. The molecule has 1 aromatic rings. The molecule has 1 saturated carbocycles. The molecule has 2 unspecified atom stereocenters. The summed E-state index contributed by atoms with van der Waals surface area (Å²) in [5.41, 5.74) is 1.04. The van der Waals surface area contributed by atoms with Gasteiger partial charge in [0.2, 0.25) is 0 Å². The zero-order valence-corrected chi connectivity index (χ0v) is 13.2. The van der Waals surface area contributed by atoms with Gasteiger partial charge in [-0.25, -0.2) is 0 Å². The van der Waals surface area contributed by atoms with Crippen LogP contribution < -0.4 is 0 Å². The molecule has 110 valence electrons. The molecular weight excluding hydrogens is 266 g/mol. The molecule has 1 aliphatic carbocycles. The molecule has 20 heavy (non-hydrogen) atoms. The lowest BCUT2D eigenvalue weighted by molar-refractivity contribution is -0.0967. The third-order valence-electron chi connectivity index (χ3n) is 5.08. The van der Waals surface area contributed by atoms with Gasteiger partial charge < -0.3 is 5.11 Å². The lowest BCUT2D eigenvalue weighted by atomic mass is 9.71. The first-order valence-electron chi connectivity index (χ1n) is 7.77. The molecule has 3 rings (SSSR count). The van der Waals surface area contributed by atoms with E-state index in [0.717, 1.165) is 32.5 Å². The van der Waals surface area contributed by atoms with Gasteiger partial charge >= 0.3 is 0 Å². The number of hydrogen-bond donors (Lipinski definition) is 1. The second-order valence-electron chi connectivity index (χ2n) is 6.38. The minimum atomic E-state index is -0.350. The second kappa shape index (κ2) is 6.08. The topological polar surface area (TPSA) is 23.5 Å². The predicted octanol–water partition coefficient (Wildman–Crippen LogP) is 3.54. The number of rotatable bonds is 3. The number of benzene rings is 1. The van der Waals surface area contributed by atoms with E-state index in [9.17, 15) is 5.11 Å². The molecule has 2 fully saturated rings. The predicted molar refractivity (Wildman–Crippen MR) is 85.0 cm³/mol. The Balaban J connectivity index is 1.61. The fraction of sp³-hybridized carbons (Fsp3) is 0.647. The van der Waals surface area contributed by atoms with Gasteiger partial charge in [-0.2, -0.15) is 0 Å². The van der Waals surface area contributed by atoms with Gasteiger partial charge in [0.15, 0.2) is 0 Å². The molecule has 1 N–H and O–H groups in total. The van der Waals surface area contributed by atoms with Crippen LogP contribution in [0.4, 0.5) is 0 Å². The summed E-state index contributed by atoms with van der Waals surface area (Å²) in [5, 5.41) is 10.7. The molecule has 0 bridgehead atoms. The van der Waals surface area contributed by atoms with Gasteiger partial charge in [0.1, 0.15) is 0 Å². The Bertz CT molecular complexity index is 447. The molecule has 1 saturated heterocycles. The third kappa shape index (κ3) is 3.05. The van der Waals surface area contributed by atoms with Crippen molar-refractivity contribution in [3.8, 4) is 0 Å².